The minimum Gasteiger partial charge on any atom is -0.326 e. The number of imide groups is 1. The number of fused-ring (bicyclic) bond motifs is 1. The Hall–Kier alpha value is -3.59. The van der Waals surface area contributed by atoms with Gasteiger partial charge in [0, 0.05) is 40.4 Å². The molecule has 31 heavy (non-hydrogen) atoms. The lowest BCUT2D eigenvalue weighted by molar-refractivity contribution is -0.116. The van der Waals surface area contributed by atoms with Crippen LogP contribution < -0.4 is 10.9 Å². The van der Waals surface area contributed by atoms with Gasteiger partial charge in [0.2, 0.25) is 5.91 Å². The van der Waals surface area contributed by atoms with E-state index in [-0.39, 0.29) is 24.4 Å². The number of rotatable bonds is 5. The molecule has 1 aliphatic heterocycles. The van der Waals surface area contributed by atoms with Crippen LogP contribution in [-0.4, -0.2) is 39.1 Å². The molecular weight excluding hydrogens is 464 g/mol. The first kappa shape index (κ1) is 20.7. The van der Waals surface area contributed by atoms with E-state index in [1.54, 1.807) is 49.4 Å². The van der Waals surface area contributed by atoms with Gasteiger partial charge in [0.05, 0.1) is 11.1 Å². The van der Waals surface area contributed by atoms with Gasteiger partial charge in [-0.3, -0.25) is 24.1 Å². The summed E-state index contributed by atoms with van der Waals surface area (Å²) in [6, 6.07) is 13.2. The summed E-state index contributed by atoms with van der Waals surface area (Å²) in [6.07, 6.45) is -0.0452. The summed E-state index contributed by atoms with van der Waals surface area (Å²) in [4.78, 5) is 57.1. The lowest BCUT2D eigenvalue weighted by Crippen LogP contribution is -2.32. The van der Waals surface area contributed by atoms with E-state index in [0.717, 1.165) is 4.90 Å². The van der Waals surface area contributed by atoms with Crippen molar-refractivity contribution in [3.05, 3.63) is 80.2 Å². The number of amides is 3. The van der Waals surface area contributed by atoms with Gasteiger partial charge >= 0.3 is 0 Å². The highest BCUT2D eigenvalue weighted by Gasteiger charge is 2.35. The van der Waals surface area contributed by atoms with Crippen LogP contribution in [0.2, 0.25) is 0 Å². The highest BCUT2D eigenvalue weighted by atomic mass is 79.9. The van der Waals surface area contributed by atoms with Crippen LogP contribution in [0.15, 0.2) is 57.8 Å². The van der Waals surface area contributed by atoms with E-state index in [0.29, 0.717) is 38.4 Å². The number of hydrogen-bond donors (Lipinski definition) is 2. The van der Waals surface area contributed by atoms with Gasteiger partial charge in [0.15, 0.2) is 0 Å². The van der Waals surface area contributed by atoms with E-state index >= 15 is 0 Å². The second-order valence-corrected chi connectivity index (χ2v) is 7.98. The van der Waals surface area contributed by atoms with Gasteiger partial charge in [0.25, 0.3) is 17.4 Å². The fourth-order valence-corrected chi connectivity index (χ4v) is 3.72. The second-order valence-electron chi connectivity index (χ2n) is 7.07. The Balaban J connectivity index is 1.43. The standard InChI is InChI=1S/C22H17BrN4O4/c1-12-9-19(29)26-20(24-12)13-3-2-4-15(10-13)25-18(28)7-8-27-21(30)16-6-5-14(23)11-17(16)22(27)31/h2-6,9-11H,7-8H2,1H3,(H,25,28)(H,24,26,29). The van der Waals surface area contributed by atoms with Crippen LogP contribution in [0.25, 0.3) is 11.4 Å². The number of nitrogens with zero attached hydrogens (tertiary/aromatic N) is 2. The maximum Gasteiger partial charge on any atom is 0.261 e. The van der Waals surface area contributed by atoms with E-state index in [4.69, 9.17) is 0 Å². The van der Waals surface area contributed by atoms with Gasteiger partial charge < -0.3 is 10.3 Å². The lowest BCUT2D eigenvalue weighted by atomic mass is 10.1. The molecule has 0 unspecified atom stereocenters. The van der Waals surface area contributed by atoms with Crippen LogP contribution in [0, 0.1) is 6.92 Å². The number of aromatic nitrogens is 2. The normalized spacial score (nSPS) is 12.8. The SMILES string of the molecule is Cc1cc(=O)[nH]c(-c2cccc(NC(=O)CCN3C(=O)c4ccc(Br)cc4C3=O)c2)n1. The maximum atomic E-state index is 12.5. The quantitative estimate of drug-likeness (QED) is 0.544. The number of carbonyl (C=O) groups is 3. The molecule has 2 N–H and O–H groups in total. The fourth-order valence-electron chi connectivity index (χ4n) is 3.36. The van der Waals surface area contributed by atoms with Crippen molar-refractivity contribution in [1.29, 1.82) is 0 Å². The number of hydrogen-bond acceptors (Lipinski definition) is 5. The summed E-state index contributed by atoms with van der Waals surface area (Å²) in [5, 5.41) is 2.75. The summed E-state index contributed by atoms with van der Waals surface area (Å²) in [7, 11) is 0. The first-order valence-corrected chi connectivity index (χ1v) is 10.2. The number of aromatic amines is 1. The topological polar surface area (TPSA) is 112 Å². The second kappa shape index (κ2) is 8.27. The molecule has 9 heteroatoms. The van der Waals surface area contributed by atoms with E-state index in [9.17, 15) is 19.2 Å². The predicted octanol–water partition coefficient (Wildman–Crippen LogP) is 3.13. The molecule has 0 saturated heterocycles. The lowest BCUT2D eigenvalue weighted by Gasteiger charge is -2.13. The first-order chi connectivity index (χ1) is 14.8. The molecule has 3 aromatic rings. The number of benzene rings is 2. The number of carbonyl (C=O) groups excluding carboxylic acids is 3. The van der Waals surface area contributed by atoms with E-state index in [2.05, 4.69) is 31.2 Å². The molecule has 0 radical (unpaired) electrons. The van der Waals surface area contributed by atoms with Gasteiger partial charge in [-0.2, -0.15) is 0 Å². The minimum atomic E-state index is -0.412. The fraction of sp³-hybridized carbons (Fsp3) is 0.136. The zero-order chi connectivity index (χ0) is 22.1. The van der Waals surface area contributed by atoms with Crippen molar-refractivity contribution in [2.75, 3.05) is 11.9 Å². The average molecular weight is 481 g/mol. The number of H-pyrrole nitrogens is 1. The molecule has 0 saturated carbocycles. The summed E-state index contributed by atoms with van der Waals surface area (Å²) in [5.41, 5.74) is 2.14. The van der Waals surface area contributed by atoms with Crippen molar-refractivity contribution >= 4 is 39.3 Å². The van der Waals surface area contributed by atoms with Crippen molar-refractivity contribution in [3.8, 4) is 11.4 Å². The van der Waals surface area contributed by atoms with E-state index in [1.165, 1.54) is 6.07 Å². The summed E-state index contributed by atoms with van der Waals surface area (Å²) in [6.45, 7) is 1.70. The molecule has 0 atom stereocenters. The zero-order valence-electron chi connectivity index (χ0n) is 16.4. The van der Waals surface area contributed by atoms with Gasteiger partial charge in [-0.05, 0) is 37.3 Å². The monoisotopic (exact) mass is 480 g/mol. The average Bonchev–Trinajstić information content (AvgIpc) is 2.95. The minimum absolute atomic E-state index is 0.0256. The third-order valence-electron chi connectivity index (χ3n) is 4.78. The smallest absolute Gasteiger partial charge is 0.261 e. The molecule has 1 aliphatic rings. The molecule has 2 heterocycles. The third kappa shape index (κ3) is 4.31. The molecule has 4 rings (SSSR count). The molecule has 0 fully saturated rings. The Bertz CT molecular complexity index is 1280. The predicted molar refractivity (Wildman–Crippen MR) is 118 cm³/mol. The molecule has 1 aromatic heterocycles. The van der Waals surface area contributed by atoms with Crippen LogP contribution in [0.3, 0.4) is 0 Å². The molecular formula is C22H17BrN4O4. The number of anilines is 1. The Morgan fingerprint density at radius 3 is 2.61 bits per heavy atom. The molecule has 8 nitrogen and oxygen atoms in total. The highest BCUT2D eigenvalue weighted by molar-refractivity contribution is 9.10. The highest BCUT2D eigenvalue weighted by Crippen LogP contribution is 2.26. The van der Waals surface area contributed by atoms with Crippen molar-refractivity contribution in [3.63, 3.8) is 0 Å². The van der Waals surface area contributed by atoms with E-state index in [1.807, 2.05) is 0 Å². The first-order valence-electron chi connectivity index (χ1n) is 9.46. The molecule has 0 bridgehead atoms. The molecule has 2 aromatic carbocycles. The summed E-state index contributed by atoms with van der Waals surface area (Å²) >= 11 is 3.29. The Labute approximate surface area is 185 Å². The van der Waals surface area contributed by atoms with E-state index < -0.39 is 11.8 Å². The Kier molecular flexibility index (Phi) is 5.51. The zero-order valence-corrected chi connectivity index (χ0v) is 18.0. The van der Waals surface area contributed by atoms with Crippen LogP contribution >= 0.6 is 15.9 Å². The molecule has 156 valence electrons. The van der Waals surface area contributed by atoms with Gasteiger partial charge in [-0.1, -0.05) is 28.1 Å². The van der Waals surface area contributed by atoms with Crippen LogP contribution in [-0.2, 0) is 4.79 Å². The Morgan fingerprint density at radius 1 is 1.06 bits per heavy atom. The van der Waals surface area contributed by atoms with Crippen molar-refractivity contribution < 1.29 is 14.4 Å². The van der Waals surface area contributed by atoms with Crippen molar-refractivity contribution in [2.24, 2.45) is 0 Å². The van der Waals surface area contributed by atoms with Gasteiger partial charge in [0.1, 0.15) is 5.82 Å². The number of nitrogens with one attached hydrogen (secondary N) is 2. The molecule has 3 amide bonds. The van der Waals surface area contributed by atoms with Gasteiger partial charge in [-0.25, -0.2) is 4.98 Å². The third-order valence-corrected chi connectivity index (χ3v) is 5.28. The van der Waals surface area contributed by atoms with Crippen LogP contribution in [0.5, 0.6) is 0 Å². The summed E-state index contributed by atoms with van der Waals surface area (Å²) in [5.74, 6) is -0.763. The maximum absolute atomic E-state index is 12.5. The largest absolute Gasteiger partial charge is 0.326 e. The molecule has 0 spiro atoms. The van der Waals surface area contributed by atoms with Crippen molar-refractivity contribution in [1.82, 2.24) is 14.9 Å². The number of aryl methyl sites for hydroxylation is 1. The number of halogens is 1. The van der Waals surface area contributed by atoms with Crippen LogP contribution in [0.4, 0.5) is 5.69 Å². The van der Waals surface area contributed by atoms with Crippen molar-refractivity contribution in [2.45, 2.75) is 13.3 Å². The summed E-state index contributed by atoms with van der Waals surface area (Å²) < 4.78 is 0.705. The van der Waals surface area contributed by atoms with Crippen LogP contribution in [0.1, 0.15) is 32.8 Å². The molecule has 0 aliphatic carbocycles. The van der Waals surface area contributed by atoms with Gasteiger partial charge in [-0.15, -0.1) is 0 Å². The Morgan fingerprint density at radius 2 is 1.84 bits per heavy atom.